The highest BCUT2D eigenvalue weighted by molar-refractivity contribution is 5.95. The SMILES string of the molecule is CC1CC2CC(C)C(c3cccc(F)c3-c3ccc4ccccc4c3O)C(C1)C2. The number of rotatable bonds is 2. The Hall–Kier alpha value is -2.35. The average molecular weight is 389 g/mol. The molecule has 0 aliphatic heterocycles. The molecule has 5 atom stereocenters. The molecule has 2 aliphatic carbocycles. The fourth-order valence-corrected chi connectivity index (χ4v) is 6.55. The van der Waals surface area contributed by atoms with Crippen LogP contribution >= 0.6 is 0 Å². The second-order valence-electron chi connectivity index (χ2n) is 9.56. The molecule has 2 fully saturated rings. The lowest BCUT2D eigenvalue weighted by atomic mass is 9.58. The van der Waals surface area contributed by atoms with Gasteiger partial charge in [-0.3, -0.25) is 0 Å². The van der Waals surface area contributed by atoms with Gasteiger partial charge in [-0.1, -0.05) is 56.3 Å². The molecular weight excluding hydrogens is 359 g/mol. The van der Waals surface area contributed by atoms with Crippen LogP contribution in [0.5, 0.6) is 5.75 Å². The molecular formula is C27H29FO. The zero-order valence-corrected chi connectivity index (χ0v) is 17.2. The summed E-state index contributed by atoms with van der Waals surface area (Å²) in [5.74, 6) is 3.02. The number of hydrogen-bond donors (Lipinski definition) is 1. The van der Waals surface area contributed by atoms with Crippen LogP contribution in [0.2, 0.25) is 0 Å². The molecule has 3 aromatic rings. The van der Waals surface area contributed by atoms with Crippen molar-refractivity contribution < 1.29 is 9.50 Å². The Morgan fingerprint density at radius 1 is 0.862 bits per heavy atom. The minimum absolute atomic E-state index is 0.188. The molecule has 0 amide bonds. The Labute approximate surface area is 172 Å². The number of fused-ring (bicyclic) bond motifs is 3. The van der Waals surface area contributed by atoms with Crippen molar-refractivity contribution in [3.8, 4) is 16.9 Å². The predicted molar refractivity (Wildman–Crippen MR) is 118 cm³/mol. The number of aromatic hydroxyl groups is 1. The Morgan fingerprint density at radius 3 is 2.55 bits per heavy atom. The van der Waals surface area contributed by atoms with Gasteiger partial charge in [-0.2, -0.15) is 0 Å². The molecule has 5 rings (SSSR count). The third-order valence-corrected chi connectivity index (χ3v) is 7.48. The van der Waals surface area contributed by atoms with Crippen molar-refractivity contribution in [2.45, 2.75) is 45.4 Å². The van der Waals surface area contributed by atoms with Crippen LogP contribution < -0.4 is 0 Å². The van der Waals surface area contributed by atoms with E-state index in [-0.39, 0.29) is 11.6 Å². The van der Waals surface area contributed by atoms with Crippen LogP contribution in [0.1, 0.15) is 51.0 Å². The smallest absolute Gasteiger partial charge is 0.131 e. The quantitative estimate of drug-likeness (QED) is 0.481. The molecule has 0 heterocycles. The maximum absolute atomic E-state index is 15.3. The lowest BCUT2D eigenvalue weighted by molar-refractivity contribution is 0.0855. The zero-order valence-electron chi connectivity index (χ0n) is 17.2. The summed E-state index contributed by atoms with van der Waals surface area (Å²) >= 11 is 0. The normalized spacial score (nSPS) is 29.1. The Bertz CT molecular complexity index is 1050. The topological polar surface area (TPSA) is 20.2 Å². The van der Waals surface area contributed by atoms with E-state index in [1.165, 1.54) is 31.7 Å². The average Bonchev–Trinajstić information content (AvgIpc) is 2.68. The van der Waals surface area contributed by atoms with E-state index in [1.807, 2.05) is 42.5 Å². The van der Waals surface area contributed by atoms with Gasteiger partial charge in [0.2, 0.25) is 0 Å². The van der Waals surface area contributed by atoms with Crippen molar-refractivity contribution >= 4 is 10.8 Å². The highest BCUT2D eigenvalue weighted by Crippen LogP contribution is 2.54. The molecule has 29 heavy (non-hydrogen) atoms. The minimum atomic E-state index is -0.230. The number of benzene rings is 3. The number of phenolic OH excluding ortho intramolecular Hbond substituents is 1. The number of phenols is 1. The van der Waals surface area contributed by atoms with Gasteiger partial charge in [0, 0.05) is 16.5 Å². The summed E-state index contributed by atoms with van der Waals surface area (Å²) in [5.41, 5.74) is 2.31. The summed E-state index contributed by atoms with van der Waals surface area (Å²) in [6, 6.07) is 17.1. The van der Waals surface area contributed by atoms with Crippen LogP contribution in [-0.2, 0) is 0 Å². The van der Waals surface area contributed by atoms with Gasteiger partial charge in [0.05, 0.1) is 0 Å². The van der Waals surface area contributed by atoms with Gasteiger partial charge in [-0.25, -0.2) is 4.39 Å². The third-order valence-electron chi connectivity index (χ3n) is 7.48. The number of hydrogen-bond acceptors (Lipinski definition) is 1. The molecule has 0 aromatic heterocycles. The first kappa shape index (κ1) is 18.7. The van der Waals surface area contributed by atoms with Crippen molar-refractivity contribution in [2.75, 3.05) is 0 Å². The highest BCUT2D eigenvalue weighted by Gasteiger charge is 2.41. The molecule has 5 unspecified atom stereocenters. The van der Waals surface area contributed by atoms with Crippen LogP contribution in [0.25, 0.3) is 21.9 Å². The Morgan fingerprint density at radius 2 is 1.69 bits per heavy atom. The molecule has 0 radical (unpaired) electrons. The molecule has 1 N–H and O–H groups in total. The first-order valence-corrected chi connectivity index (χ1v) is 11.0. The summed E-state index contributed by atoms with van der Waals surface area (Å²) in [6.07, 6.45) is 5.06. The van der Waals surface area contributed by atoms with Gasteiger partial charge in [0.1, 0.15) is 11.6 Å². The molecule has 2 aliphatic rings. The summed E-state index contributed by atoms with van der Waals surface area (Å²) in [7, 11) is 0. The molecule has 150 valence electrons. The van der Waals surface area contributed by atoms with Crippen LogP contribution in [0.4, 0.5) is 4.39 Å². The van der Waals surface area contributed by atoms with Crippen LogP contribution in [0.15, 0.2) is 54.6 Å². The van der Waals surface area contributed by atoms with E-state index in [4.69, 9.17) is 0 Å². The highest BCUT2D eigenvalue weighted by atomic mass is 19.1. The van der Waals surface area contributed by atoms with Crippen molar-refractivity contribution in [1.29, 1.82) is 0 Å². The van der Waals surface area contributed by atoms with Gasteiger partial charge in [-0.15, -0.1) is 0 Å². The predicted octanol–water partition coefficient (Wildman–Crippen LogP) is 7.53. The summed E-state index contributed by atoms with van der Waals surface area (Å²) in [5, 5.41) is 12.8. The second-order valence-corrected chi connectivity index (χ2v) is 9.56. The van der Waals surface area contributed by atoms with Gasteiger partial charge < -0.3 is 5.11 Å². The summed E-state index contributed by atoms with van der Waals surface area (Å²) in [4.78, 5) is 0. The Kier molecular flexibility index (Phi) is 4.61. The van der Waals surface area contributed by atoms with Crippen LogP contribution in [0.3, 0.4) is 0 Å². The fraction of sp³-hybridized carbons (Fsp3) is 0.407. The van der Waals surface area contributed by atoms with Crippen molar-refractivity contribution in [2.24, 2.45) is 23.7 Å². The maximum atomic E-state index is 15.3. The van der Waals surface area contributed by atoms with E-state index >= 15 is 4.39 Å². The van der Waals surface area contributed by atoms with E-state index < -0.39 is 0 Å². The Balaban J connectivity index is 1.67. The minimum Gasteiger partial charge on any atom is -0.507 e. The van der Waals surface area contributed by atoms with Crippen molar-refractivity contribution in [3.63, 3.8) is 0 Å². The molecule has 0 spiro atoms. The van der Waals surface area contributed by atoms with Crippen LogP contribution in [0, 0.1) is 29.5 Å². The third kappa shape index (κ3) is 3.13. The molecule has 2 saturated carbocycles. The number of halogens is 1. The molecule has 2 bridgehead atoms. The standard InChI is InChI=1S/C27H29FO/c1-16-12-18-14-17(2)25(20(13-16)15-18)22-8-5-9-24(28)26(22)23-11-10-19-6-3-4-7-21(19)27(23)29/h3-11,16-18,20,25,29H,12-15H2,1-2H3. The summed E-state index contributed by atoms with van der Waals surface area (Å²) in [6.45, 7) is 4.71. The lowest BCUT2D eigenvalue weighted by Crippen LogP contribution is -2.35. The van der Waals surface area contributed by atoms with Crippen molar-refractivity contribution in [3.05, 3.63) is 66.0 Å². The molecule has 0 saturated heterocycles. The largest absolute Gasteiger partial charge is 0.507 e. The van der Waals surface area contributed by atoms with Gasteiger partial charge in [0.25, 0.3) is 0 Å². The van der Waals surface area contributed by atoms with Gasteiger partial charge >= 0.3 is 0 Å². The monoisotopic (exact) mass is 388 g/mol. The fourth-order valence-electron chi connectivity index (χ4n) is 6.55. The first-order chi connectivity index (χ1) is 14.0. The molecule has 1 nitrogen and oxygen atoms in total. The van der Waals surface area contributed by atoms with E-state index in [0.717, 1.165) is 28.2 Å². The van der Waals surface area contributed by atoms with E-state index in [1.54, 1.807) is 0 Å². The van der Waals surface area contributed by atoms with Crippen LogP contribution in [-0.4, -0.2) is 5.11 Å². The maximum Gasteiger partial charge on any atom is 0.131 e. The van der Waals surface area contributed by atoms with E-state index in [0.29, 0.717) is 28.9 Å². The van der Waals surface area contributed by atoms with Gasteiger partial charge in [-0.05, 0) is 78.4 Å². The van der Waals surface area contributed by atoms with Gasteiger partial charge in [0.15, 0.2) is 0 Å². The van der Waals surface area contributed by atoms with Crippen molar-refractivity contribution in [1.82, 2.24) is 0 Å². The lowest BCUT2D eigenvalue weighted by Gasteiger charge is -2.47. The second kappa shape index (κ2) is 7.16. The molecule has 3 aromatic carbocycles. The van der Waals surface area contributed by atoms with E-state index in [2.05, 4.69) is 19.9 Å². The zero-order chi connectivity index (χ0) is 20.1. The molecule has 2 heteroatoms. The first-order valence-electron chi connectivity index (χ1n) is 11.0. The van der Waals surface area contributed by atoms with E-state index in [9.17, 15) is 5.11 Å². The summed E-state index contributed by atoms with van der Waals surface area (Å²) < 4.78 is 15.3.